The molecular formula is C21H29NO3. The average molecular weight is 343 g/mol. The Labute approximate surface area is 150 Å². The van der Waals surface area contributed by atoms with Gasteiger partial charge in [-0.25, -0.2) is 9.69 Å². The van der Waals surface area contributed by atoms with Gasteiger partial charge >= 0.3 is 6.09 Å². The van der Waals surface area contributed by atoms with Crippen molar-refractivity contribution in [2.45, 2.75) is 76.7 Å². The summed E-state index contributed by atoms with van der Waals surface area (Å²) in [6, 6.07) is 8.39. The van der Waals surface area contributed by atoms with Crippen LogP contribution in [0.2, 0.25) is 0 Å². The maximum Gasteiger partial charge on any atom is 0.417 e. The van der Waals surface area contributed by atoms with Gasteiger partial charge in [-0.3, -0.25) is 4.79 Å². The van der Waals surface area contributed by atoms with Crippen LogP contribution < -0.4 is 0 Å². The molecule has 2 aliphatic rings. The largest absolute Gasteiger partial charge is 0.449 e. The van der Waals surface area contributed by atoms with Crippen molar-refractivity contribution >= 4 is 12.0 Å². The molecule has 1 saturated heterocycles. The normalized spacial score (nSPS) is 21.6. The molecule has 4 nitrogen and oxygen atoms in total. The highest BCUT2D eigenvalue weighted by molar-refractivity contribution is 5.94. The Kier molecular flexibility index (Phi) is 6.11. The zero-order chi connectivity index (χ0) is 17.6. The van der Waals surface area contributed by atoms with Crippen LogP contribution in [0, 0.1) is 0 Å². The molecule has 0 radical (unpaired) electrons. The molecule has 1 saturated carbocycles. The van der Waals surface area contributed by atoms with E-state index in [1.807, 2.05) is 6.92 Å². The Balaban J connectivity index is 1.68. The van der Waals surface area contributed by atoms with Gasteiger partial charge in [-0.15, -0.1) is 0 Å². The highest BCUT2D eigenvalue weighted by atomic mass is 16.6. The first-order valence-electron chi connectivity index (χ1n) is 9.79. The van der Waals surface area contributed by atoms with E-state index in [1.165, 1.54) is 42.6 Å². The summed E-state index contributed by atoms with van der Waals surface area (Å²) in [6.07, 6.45) is 8.95. The number of likely N-dealkylation sites (tertiary alicyclic amines) is 1. The van der Waals surface area contributed by atoms with Crippen LogP contribution in [0.1, 0.15) is 87.8 Å². The number of benzene rings is 1. The summed E-state index contributed by atoms with van der Waals surface area (Å²) in [6.45, 7) is 2.43. The van der Waals surface area contributed by atoms with Crippen LogP contribution in [0.4, 0.5) is 4.79 Å². The zero-order valence-electron chi connectivity index (χ0n) is 15.2. The van der Waals surface area contributed by atoms with Gasteiger partial charge in [0.25, 0.3) is 0 Å². The minimum absolute atomic E-state index is 0.122. The number of hydrogen-bond acceptors (Lipinski definition) is 3. The number of ether oxygens (including phenoxy) is 1. The highest BCUT2D eigenvalue weighted by Gasteiger charge is 2.37. The molecule has 2 fully saturated rings. The van der Waals surface area contributed by atoms with E-state index in [0.29, 0.717) is 25.4 Å². The summed E-state index contributed by atoms with van der Waals surface area (Å²) >= 11 is 0. The number of amides is 2. The minimum atomic E-state index is -0.489. The van der Waals surface area contributed by atoms with Gasteiger partial charge in [0.2, 0.25) is 5.91 Å². The van der Waals surface area contributed by atoms with E-state index < -0.39 is 6.09 Å². The fourth-order valence-electron chi connectivity index (χ4n) is 4.03. The predicted molar refractivity (Wildman–Crippen MR) is 97.3 cm³/mol. The first kappa shape index (κ1) is 18.0. The van der Waals surface area contributed by atoms with Crippen molar-refractivity contribution in [3.05, 3.63) is 35.4 Å². The van der Waals surface area contributed by atoms with Crippen LogP contribution in [0.25, 0.3) is 0 Å². The lowest BCUT2D eigenvalue weighted by Gasteiger charge is -2.25. The van der Waals surface area contributed by atoms with Crippen molar-refractivity contribution < 1.29 is 14.3 Å². The number of carbonyl (C=O) groups is 2. The SMILES string of the molecule is CCCCOC(=O)N1C(=O)CCC1c1ccc(C2CCCCC2)cc1. The van der Waals surface area contributed by atoms with Gasteiger partial charge in [-0.1, -0.05) is 56.9 Å². The third-order valence-corrected chi connectivity index (χ3v) is 5.53. The standard InChI is InChI=1S/C21H29NO3/c1-2-3-15-25-21(24)22-19(13-14-20(22)23)18-11-9-17(10-12-18)16-7-5-4-6-8-16/h9-12,16,19H,2-8,13-15H2,1H3. The Morgan fingerprint density at radius 2 is 1.76 bits per heavy atom. The lowest BCUT2D eigenvalue weighted by Crippen LogP contribution is -2.34. The molecule has 1 aromatic rings. The third kappa shape index (κ3) is 4.23. The molecule has 0 N–H and O–H groups in total. The second-order valence-corrected chi connectivity index (χ2v) is 7.29. The molecule has 4 heteroatoms. The number of carbonyl (C=O) groups excluding carboxylic acids is 2. The molecule has 0 spiro atoms. The van der Waals surface area contributed by atoms with Gasteiger partial charge in [0, 0.05) is 6.42 Å². The molecule has 1 heterocycles. The molecule has 1 aliphatic heterocycles. The summed E-state index contributed by atoms with van der Waals surface area (Å²) in [7, 11) is 0. The van der Waals surface area contributed by atoms with E-state index in [4.69, 9.17) is 4.74 Å². The average Bonchev–Trinajstić information content (AvgIpc) is 3.04. The van der Waals surface area contributed by atoms with E-state index in [0.717, 1.165) is 18.4 Å². The Morgan fingerprint density at radius 3 is 2.44 bits per heavy atom. The van der Waals surface area contributed by atoms with Gasteiger partial charge in [0.15, 0.2) is 0 Å². The number of nitrogens with zero attached hydrogens (tertiary/aromatic N) is 1. The number of unbranched alkanes of at least 4 members (excludes halogenated alkanes) is 1. The number of imide groups is 1. The molecule has 1 aliphatic carbocycles. The van der Waals surface area contributed by atoms with Crippen LogP contribution in [0.3, 0.4) is 0 Å². The summed E-state index contributed by atoms with van der Waals surface area (Å²) < 4.78 is 5.27. The molecule has 25 heavy (non-hydrogen) atoms. The fraction of sp³-hybridized carbons (Fsp3) is 0.619. The summed E-state index contributed by atoms with van der Waals surface area (Å²) in [4.78, 5) is 25.8. The molecular weight excluding hydrogens is 314 g/mol. The highest BCUT2D eigenvalue weighted by Crippen LogP contribution is 2.36. The Morgan fingerprint density at radius 1 is 1.08 bits per heavy atom. The van der Waals surface area contributed by atoms with Crippen molar-refractivity contribution in [3.8, 4) is 0 Å². The number of rotatable bonds is 5. The molecule has 136 valence electrons. The van der Waals surface area contributed by atoms with E-state index in [-0.39, 0.29) is 11.9 Å². The summed E-state index contributed by atoms with van der Waals surface area (Å²) in [5.41, 5.74) is 2.43. The maximum absolute atomic E-state index is 12.3. The molecule has 1 atom stereocenters. The monoisotopic (exact) mass is 343 g/mol. The second-order valence-electron chi connectivity index (χ2n) is 7.29. The molecule has 1 unspecified atom stereocenters. The molecule has 2 amide bonds. The van der Waals surface area contributed by atoms with E-state index in [1.54, 1.807) is 0 Å². The van der Waals surface area contributed by atoms with Crippen molar-refractivity contribution in [2.75, 3.05) is 6.61 Å². The van der Waals surface area contributed by atoms with Crippen molar-refractivity contribution in [1.29, 1.82) is 0 Å². The van der Waals surface area contributed by atoms with Gasteiger partial charge in [0.1, 0.15) is 0 Å². The van der Waals surface area contributed by atoms with Gasteiger partial charge < -0.3 is 4.74 Å². The van der Waals surface area contributed by atoms with E-state index >= 15 is 0 Å². The van der Waals surface area contributed by atoms with Crippen molar-refractivity contribution in [3.63, 3.8) is 0 Å². The summed E-state index contributed by atoms with van der Waals surface area (Å²) in [5, 5.41) is 0. The van der Waals surface area contributed by atoms with Crippen molar-refractivity contribution in [2.24, 2.45) is 0 Å². The van der Waals surface area contributed by atoms with Crippen LogP contribution in [0.15, 0.2) is 24.3 Å². The summed E-state index contributed by atoms with van der Waals surface area (Å²) in [5.74, 6) is 0.547. The number of hydrogen-bond donors (Lipinski definition) is 0. The topological polar surface area (TPSA) is 46.6 Å². The molecule has 0 aromatic heterocycles. The third-order valence-electron chi connectivity index (χ3n) is 5.53. The quantitative estimate of drug-likeness (QED) is 0.678. The van der Waals surface area contributed by atoms with Crippen LogP contribution in [-0.2, 0) is 9.53 Å². The fourth-order valence-corrected chi connectivity index (χ4v) is 4.03. The first-order chi connectivity index (χ1) is 12.2. The molecule has 3 rings (SSSR count). The van der Waals surface area contributed by atoms with E-state index in [9.17, 15) is 9.59 Å². The minimum Gasteiger partial charge on any atom is -0.449 e. The van der Waals surface area contributed by atoms with E-state index in [2.05, 4.69) is 24.3 Å². The van der Waals surface area contributed by atoms with Crippen molar-refractivity contribution in [1.82, 2.24) is 4.90 Å². The predicted octanol–water partition coefficient (Wildman–Crippen LogP) is 5.33. The maximum atomic E-state index is 12.3. The lowest BCUT2D eigenvalue weighted by atomic mass is 9.83. The van der Waals surface area contributed by atoms with Gasteiger partial charge in [-0.05, 0) is 42.7 Å². The Bertz CT molecular complexity index is 590. The Hall–Kier alpha value is -1.84. The first-order valence-corrected chi connectivity index (χ1v) is 9.79. The molecule has 0 bridgehead atoms. The molecule has 1 aromatic carbocycles. The second kappa shape index (κ2) is 8.50. The lowest BCUT2D eigenvalue weighted by molar-refractivity contribution is -0.127. The smallest absolute Gasteiger partial charge is 0.417 e. The van der Waals surface area contributed by atoms with Crippen LogP contribution >= 0.6 is 0 Å². The van der Waals surface area contributed by atoms with Gasteiger partial charge in [0.05, 0.1) is 12.6 Å². The zero-order valence-corrected chi connectivity index (χ0v) is 15.2. The van der Waals surface area contributed by atoms with Gasteiger partial charge in [-0.2, -0.15) is 0 Å². The van der Waals surface area contributed by atoms with Crippen LogP contribution in [0.5, 0.6) is 0 Å². The van der Waals surface area contributed by atoms with Crippen LogP contribution in [-0.4, -0.2) is 23.5 Å².